The number of carbonyl (C=O) groups is 2. The molecule has 0 heterocycles. The summed E-state index contributed by atoms with van der Waals surface area (Å²) in [5.41, 5.74) is 0.783. The SMILES string of the molecule is CCCSc1ccccc1N/C(=C/C(=O)OC)C(=O)OC. The Morgan fingerprint density at radius 3 is 2.57 bits per heavy atom. The Morgan fingerprint density at radius 1 is 1.24 bits per heavy atom. The molecule has 0 aliphatic heterocycles. The number of esters is 2. The van der Waals surface area contributed by atoms with Crippen LogP contribution in [0.1, 0.15) is 13.3 Å². The van der Waals surface area contributed by atoms with E-state index in [1.54, 1.807) is 11.8 Å². The van der Waals surface area contributed by atoms with Gasteiger partial charge in [0, 0.05) is 4.90 Å². The van der Waals surface area contributed by atoms with Crippen LogP contribution in [0, 0.1) is 0 Å². The number of hydrogen-bond acceptors (Lipinski definition) is 6. The lowest BCUT2D eigenvalue weighted by Gasteiger charge is -2.12. The minimum Gasteiger partial charge on any atom is -0.466 e. The van der Waals surface area contributed by atoms with Crippen molar-refractivity contribution in [3.05, 3.63) is 36.0 Å². The maximum atomic E-state index is 11.7. The summed E-state index contributed by atoms with van der Waals surface area (Å²) in [4.78, 5) is 24.1. The summed E-state index contributed by atoms with van der Waals surface area (Å²) in [6.45, 7) is 2.10. The number of ether oxygens (including phenoxy) is 2. The molecule has 0 unspecified atom stereocenters. The first kappa shape index (κ1) is 17.1. The summed E-state index contributed by atoms with van der Waals surface area (Å²) in [5.74, 6) is -0.287. The largest absolute Gasteiger partial charge is 0.466 e. The molecule has 0 fully saturated rings. The summed E-state index contributed by atoms with van der Waals surface area (Å²) < 4.78 is 9.21. The van der Waals surface area contributed by atoms with Gasteiger partial charge >= 0.3 is 11.9 Å². The van der Waals surface area contributed by atoms with Crippen LogP contribution in [-0.2, 0) is 19.1 Å². The first-order chi connectivity index (χ1) is 10.1. The number of anilines is 1. The van der Waals surface area contributed by atoms with Gasteiger partial charge in [-0.25, -0.2) is 9.59 Å². The van der Waals surface area contributed by atoms with Crippen LogP contribution < -0.4 is 5.32 Å². The molecule has 5 nitrogen and oxygen atoms in total. The highest BCUT2D eigenvalue weighted by Crippen LogP contribution is 2.28. The number of benzene rings is 1. The predicted molar refractivity (Wildman–Crippen MR) is 83.2 cm³/mol. The highest BCUT2D eigenvalue weighted by Gasteiger charge is 2.14. The molecule has 0 spiro atoms. The van der Waals surface area contributed by atoms with Crippen molar-refractivity contribution in [3.8, 4) is 0 Å². The van der Waals surface area contributed by atoms with Gasteiger partial charge in [-0.3, -0.25) is 0 Å². The van der Waals surface area contributed by atoms with Crippen molar-refractivity contribution < 1.29 is 19.1 Å². The fourth-order valence-corrected chi connectivity index (χ4v) is 2.36. The molecule has 0 saturated heterocycles. The molecule has 0 aromatic heterocycles. The van der Waals surface area contributed by atoms with Crippen LogP contribution >= 0.6 is 11.8 Å². The summed E-state index contributed by atoms with van der Waals surface area (Å²) >= 11 is 1.67. The van der Waals surface area contributed by atoms with Crippen molar-refractivity contribution >= 4 is 29.4 Å². The van der Waals surface area contributed by atoms with Gasteiger partial charge in [0.1, 0.15) is 5.70 Å². The molecular formula is C15H19NO4S. The summed E-state index contributed by atoms with van der Waals surface area (Å²) in [5, 5.41) is 2.94. The Kier molecular flexibility index (Phi) is 7.39. The molecule has 0 amide bonds. The van der Waals surface area contributed by atoms with Gasteiger partial charge in [0.2, 0.25) is 0 Å². The molecule has 1 rings (SSSR count). The van der Waals surface area contributed by atoms with E-state index in [0.717, 1.165) is 28.8 Å². The molecule has 1 N–H and O–H groups in total. The van der Waals surface area contributed by atoms with Crippen molar-refractivity contribution in [3.63, 3.8) is 0 Å². The van der Waals surface area contributed by atoms with Gasteiger partial charge in [-0.15, -0.1) is 11.8 Å². The molecule has 1 aromatic carbocycles. The van der Waals surface area contributed by atoms with Crippen molar-refractivity contribution in [1.29, 1.82) is 0 Å². The van der Waals surface area contributed by atoms with Crippen LogP contribution in [0.15, 0.2) is 40.9 Å². The second-order valence-corrected chi connectivity index (χ2v) is 5.18. The predicted octanol–water partition coefficient (Wildman–Crippen LogP) is 2.83. The summed E-state index contributed by atoms with van der Waals surface area (Å²) in [7, 11) is 2.51. The number of methoxy groups -OCH3 is 2. The molecule has 0 aliphatic rings. The topological polar surface area (TPSA) is 64.6 Å². The van der Waals surface area contributed by atoms with E-state index in [2.05, 4.69) is 21.7 Å². The molecule has 0 aliphatic carbocycles. The summed E-state index contributed by atoms with van der Waals surface area (Å²) in [6, 6.07) is 7.57. The zero-order valence-corrected chi connectivity index (χ0v) is 13.2. The molecule has 1 aromatic rings. The Balaban J connectivity index is 3.01. The van der Waals surface area contributed by atoms with Gasteiger partial charge in [-0.2, -0.15) is 0 Å². The van der Waals surface area contributed by atoms with Crippen LogP contribution in [0.25, 0.3) is 0 Å². The average molecular weight is 309 g/mol. The van der Waals surface area contributed by atoms with E-state index in [1.807, 2.05) is 24.3 Å². The van der Waals surface area contributed by atoms with E-state index in [-0.39, 0.29) is 5.70 Å². The van der Waals surface area contributed by atoms with E-state index < -0.39 is 11.9 Å². The maximum absolute atomic E-state index is 11.7. The van der Waals surface area contributed by atoms with Gasteiger partial charge in [0.25, 0.3) is 0 Å². The molecule has 0 atom stereocenters. The van der Waals surface area contributed by atoms with Gasteiger partial charge in [0.05, 0.1) is 26.0 Å². The smallest absolute Gasteiger partial charge is 0.354 e. The van der Waals surface area contributed by atoms with Crippen LogP contribution in [0.4, 0.5) is 5.69 Å². The number of rotatable bonds is 7. The third-order valence-corrected chi connectivity index (χ3v) is 3.77. The Hall–Kier alpha value is -1.95. The second kappa shape index (κ2) is 9.07. The fourth-order valence-electron chi connectivity index (χ4n) is 1.49. The van der Waals surface area contributed by atoms with E-state index in [4.69, 9.17) is 0 Å². The minimum absolute atomic E-state index is 0.0360. The highest BCUT2D eigenvalue weighted by atomic mass is 32.2. The molecular weight excluding hydrogens is 290 g/mol. The first-order valence-electron chi connectivity index (χ1n) is 6.49. The zero-order valence-electron chi connectivity index (χ0n) is 12.3. The standard InChI is InChI=1S/C15H19NO4S/c1-4-9-21-13-8-6-5-7-11(13)16-12(15(18)20-3)10-14(17)19-2/h5-8,10,16H,4,9H2,1-3H3/b12-10+. The fraction of sp³-hybridized carbons (Fsp3) is 0.333. The maximum Gasteiger partial charge on any atom is 0.354 e. The lowest BCUT2D eigenvalue weighted by molar-refractivity contribution is -0.138. The van der Waals surface area contributed by atoms with Crippen LogP contribution in [0.2, 0.25) is 0 Å². The molecule has 114 valence electrons. The Morgan fingerprint density at radius 2 is 1.95 bits per heavy atom. The van der Waals surface area contributed by atoms with Crippen molar-refractivity contribution in [2.24, 2.45) is 0 Å². The van der Waals surface area contributed by atoms with E-state index in [9.17, 15) is 9.59 Å². The summed E-state index contributed by atoms with van der Waals surface area (Å²) in [6.07, 6.45) is 2.12. The van der Waals surface area contributed by atoms with Crippen molar-refractivity contribution in [2.45, 2.75) is 18.2 Å². The van der Waals surface area contributed by atoms with E-state index in [1.165, 1.54) is 14.2 Å². The normalized spacial score (nSPS) is 10.9. The lowest BCUT2D eigenvalue weighted by atomic mass is 10.3. The van der Waals surface area contributed by atoms with Gasteiger partial charge in [0.15, 0.2) is 0 Å². The molecule has 0 saturated carbocycles. The van der Waals surface area contributed by atoms with Crippen molar-refractivity contribution in [1.82, 2.24) is 0 Å². The number of para-hydroxylation sites is 1. The Bertz CT molecular complexity index is 528. The third-order valence-electron chi connectivity index (χ3n) is 2.49. The van der Waals surface area contributed by atoms with Crippen LogP contribution in [0.3, 0.4) is 0 Å². The molecule has 0 radical (unpaired) electrons. The highest BCUT2D eigenvalue weighted by molar-refractivity contribution is 7.99. The van der Waals surface area contributed by atoms with Gasteiger partial charge in [-0.1, -0.05) is 19.1 Å². The average Bonchev–Trinajstić information content (AvgIpc) is 2.52. The van der Waals surface area contributed by atoms with Gasteiger partial charge < -0.3 is 14.8 Å². The molecule has 0 bridgehead atoms. The second-order valence-electron chi connectivity index (χ2n) is 4.04. The number of thioether (sulfide) groups is 1. The van der Waals surface area contributed by atoms with E-state index >= 15 is 0 Å². The zero-order chi connectivity index (χ0) is 15.7. The molecule has 6 heteroatoms. The number of hydrogen-bond donors (Lipinski definition) is 1. The number of nitrogens with one attached hydrogen (secondary N) is 1. The van der Waals surface area contributed by atoms with E-state index in [0.29, 0.717) is 0 Å². The minimum atomic E-state index is -0.629. The first-order valence-corrected chi connectivity index (χ1v) is 7.47. The quantitative estimate of drug-likeness (QED) is 0.475. The lowest BCUT2D eigenvalue weighted by Crippen LogP contribution is -2.15. The molecule has 21 heavy (non-hydrogen) atoms. The monoisotopic (exact) mass is 309 g/mol. The van der Waals surface area contributed by atoms with Crippen LogP contribution in [0.5, 0.6) is 0 Å². The third kappa shape index (κ3) is 5.51. The van der Waals surface area contributed by atoms with Gasteiger partial charge in [-0.05, 0) is 24.3 Å². The Labute approximate surface area is 128 Å². The van der Waals surface area contributed by atoms with Crippen molar-refractivity contribution in [2.75, 3.05) is 25.3 Å². The number of carbonyl (C=O) groups excluding carboxylic acids is 2. The van der Waals surface area contributed by atoms with Crippen LogP contribution in [-0.4, -0.2) is 31.9 Å².